The van der Waals surface area contributed by atoms with Crippen molar-refractivity contribution < 1.29 is 4.74 Å². The van der Waals surface area contributed by atoms with Gasteiger partial charge in [-0.1, -0.05) is 37.3 Å². The van der Waals surface area contributed by atoms with E-state index in [1.165, 1.54) is 6.42 Å². The molecule has 0 saturated carbocycles. The molecule has 1 aromatic carbocycles. The molecule has 0 aliphatic carbocycles. The molecule has 0 aromatic heterocycles. The van der Waals surface area contributed by atoms with Crippen LogP contribution in [0.1, 0.15) is 25.3 Å². The van der Waals surface area contributed by atoms with Gasteiger partial charge in [0.25, 0.3) is 0 Å². The highest BCUT2D eigenvalue weighted by molar-refractivity contribution is 7.99. The number of nitriles is 1. The van der Waals surface area contributed by atoms with Gasteiger partial charge in [-0.15, -0.1) is 0 Å². The van der Waals surface area contributed by atoms with Crippen molar-refractivity contribution >= 4 is 11.8 Å². The Balaban J connectivity index is 2.01. The Kier molecular flexibility index (Phi) is 5.90. The number of nitrogens with one attached hydrogen (secondary N) is 1. The van der Waals surface area contributed by atoms with Gasteiger partial charge in [-0.2, -0.15) is 17.0 Å². The predicted molar refractivity (Wildman–Crippen MR) is 83.7 cm³/mol. The molecule has 1 aliphatic heterocycles. The summed E-state index contributed by atoms with van der Waals surface area (Å²) in [6.07, 6.45) is 2.69. The summed E-state index contributed by atoms with van der Waals surface area (Å²) in [5, 5.41) is 13.1. The largest absolute Gasteiger partial charge is 0.377 e. The van der Waals surface area contributed by atoms with E-state index in [9.17, 15) is 5.26 Å². The summed E-state index contributed by atoms with van der Waals surface area (Å²) in [5.74, 6) is 1.73. The van der Waals surface area contributed by atoms with Crippen LogP contribution in [-0.2, 0) is 10.3 Å². The first-order chi connectivity index (χ1) is 9.80. The van der Waals surface area contributed by atoms with Gasteiger partial charge in [-0.25, -0.2) is 0 Å². The smallest absolute Gasteiger partial charge is 0.141 e. The normalized spacial score (nSPS) is 21.3. The summed E-state index contributed by atoms with van der Waals surface area (Å²) >= 11 is 1.81. The van der Waals surface area contributed by atoms with Crippen LogP contribution in [0.2, 0.25) is 0 Å². The van der Waals surface area contributed by atoms with Crippen LogP contribution in [0.5, 0.6) is 0 Å². The number of benzene rings is 1. The molecule has 0 amide bonds. The Morgan fingerprint density at radius 2 is 2.25 bits per heavy atom. The standard InChI is InChI=1S/C16H22N2OS/c1-2-18-16(12-17,14-7-4-3-5-8-14)13-20-11-15-9-6-10-19-15/h3-5,7-8,15,18H,2,6,9-11,13H2,1H3. The second-order valence-electron chi connectivity index (χ2n) is 5.06. The number of ether oxygens (including phenoxy) is 1. The zero-order valence-corrected chi connectivity index (χ0v) is 12.8. The van der Waals surface area contributed by atoms with Crippen LogP contribution in [-0.4, -0.2) is 30.8 Å². The maximum Gasteiger partial charge on any atom is 0.141 e. The molecule has 2 atom stereocenters. The summed E-state index contributed by atoms with van der Waals surface area (Å²) in [6.45, 7) is 3.71. The second-order valence-corrected chi connectivity index (χ2v) is 6.09. The summed E-state index contributed by atoms with van der Waals surface area (Å²) in [6, 6.07) is 12.5. The molecule has 1 N–H and O–H groups in total. The van der Waals surface area contributed by atoms with E-state index >= 15 is 0 Å². The van der Waals surface area contributed by atoms with E-state index in [0.29, 0.717) is 6.10 Å². The number of hydrogen-bond donors (Lipinski definition) is 1. The van der Waals surface area contributed by atoms with E-state index in [4.69, 9.17) is 4.74 Å². The van der Waals surface area contributed by atoms with Crippen LogP contribution < -0.4 is 5.32 Å². The molecule has 1 aliphatic rings. The third kappa shape index (κ3) is 3.76. The molecular weight excluding hydrogens is 268 g/mol. The zero-order chi connectivity index (χ0) is 14.3. The van der Waals surface area contributed by atoms with E-state index in [1.54, 1.807) is 11.8 Å². The van der Waals surface area contributed by atoms with E-state index in [1.807, 2.05) is 37.3 Å². The van der Waals surface area contributed by atoms with Crippen LogP contribution in [0.3, 0.4) is 0 Å². The van der Waals surface area contributed by atoms with Crippen molar-refractivity contribution in [3.63, 3.8) is 0 Å². The lowest BCUT2D eigenvalue weighted by atomic mass is 9.93. The van der Waals surface area contributed by atoms with Crippen LogP contribution in [0.4, 0.5) is 0 Å². The zero-order valence-electron chi connectivity index (χ0n) is 12.0. The van der Waals surface area contributed by atoms with Gasteiger partial charge < -0.3 is 4.74 Å². The van der Waals surface area contributed by atoms with Gasteiger partial charge in [0.1, 0.15) is 5.54 Å². The summed E-state index contributed by atoms with van der Waals surface area (Å²) in [4.78, 5) is 0. The molecule has 20 heavy (non-hydrogen) atoms. The molecular formula is C16H22N2OS. The van der Waals surface area contributed by atoms with E-state index in [0.717, 1.165) is 36.6 Å². The number of hydrogen-bond acceptors (Lipinski definition) is 4. The first kappa shape index (κ1) is 15.4. The lowest BCUT2D eigenvalue weighted by Gasteiger charge is -2.28. The molecule has 1 saturated heterocycles. The third-order valence-corrected chi connectivity index (χ3v) is 4.83. The monoisotopic (exact) mass is 290 g/mol. The Morgan fingerprint density at radius 3 is 2.85 bits per heavy atom. The SMILES string of the molecule is CCNC(C#N)(CSCC1CCCO1)c1ccccc1. The molecule has 3 nitrogen and oxygen atoms in total. The summed E-state index contributed by atoms with van der Waals surface area (Å²) in [5.41, 5.74) is 0.448. The van der Waals surface area contributed by atoms with E-state index < -0.39 is 5.54 Å². The molecule has 1 heterocycles. The van der Waals surface area contributed by atoms with Crippen LogP contribution >= 0.6 is 11.8 Å². The summed E-state index contributed by atoms with van der Waals surface area (Å²) < 4.78 is 5.64. The first-order valence-corrected chi connectivity index (χ1v) is 8.37. The Hall–Kier alpha value is -1.02. The van der Waals surface area contributed by atoms with Crippen molar-refractivity contribution in [2.45, 2.75) is 31.4 Å². The highest BCUT2D eigenvalue weighted by Gasteiger charge is 2.31. The van der Waals surface area contributed by atoms with Gasteiger partial charge in [0, 0.05) is 18.1 Å². The Labute approximate surface area is 125 Å². The fourth-order valence-electron chi connectivity index (χ4n) is 2.52. The topological polar surface area (TPSA) is 45.0 Å². The molecule has 0 bridgehead atoms. The lowest BCUT2D eigenvalue weighted by molar-refractivity contribution is 0.129. The van der Waals surface area contributed by atoms with Crippen LogP contribution in [0.25, 0.3) is 0 Å². The summed E-state index contributed by atoms with van der Waals surface area (Å²) in [7, 11) is 0. The van der Waals surface area contributed by atoms with Crippen molar-refractivity contribution in [2.75, 3.05) is 24.7 Å². The van der Waals surface area contributed by atoms with Gasteiger partial charge >= 0.3 is 0 Å². The van der Waals surface area contributed by atoms with Crippen molar-refractivity contribution in [3.05, 3.63) is 35.9 Å². The van der Waals surface area contributed by atoms with Gasteiger partial charge in [0.15, 0.2) is 0 Å². The first-order valence-electron chi connectivity index (χ1n) is 7.22. The molecule has 1 fully saturated rings. The molecule has 108 valence electrons. The Bertz CT molecular complexity index is 440. The van der Waals surface area contributed by atoms with E-state index in [2.05, 4.69) is 11.4 Å². The average Bonchev–Trinajstić information content (AvgIpc) is 3.00. The fourth-order valence-corrected chi connectivity index (χ4v) is 3.80. The highest BCUT2D eigenvalue weighted by Crippen LogP contribution is 2.27. The fraction of sp³-hybridized carbons (Fsp3) is 0.562. The molecule has 1 aromatic rings. The molecule has 4 heteroatoms. The predicted octanol–water partition coefficient (Wildman–Crippen LogP) is 2.93. The minimum absolute atomic E-state index is 0.369. The number of thioether (sulfide) groups is 1. The number of nitrogens with zero attached hydrogens (tertiary/aromatic N) is 1. The number of rotatable bonds is 7. The molecule has 0 radical (unpaired) electrons. The third-order valence-electron chi connectivity index (χ3n) is 3.58. The van der Waals surface area contributed by atoms with E-state index in [-0.39, 0.29) is 0 Å². The average molecular weight is 290 g/mol. The lowest BCUT2D eigenvalue weighted by Crippen LogP contribution is -2.43. The van der Waals surface area contributed by atoms with Gasteiger partial charge in [0.2, 0.25) is 0 Å². The maximum absolute atomic E-state index is 9.70. The quantitative estimate of drug-likeness (QED) is 0.838. The second kappa shape index (κ2) is 7.68. The van der Waals surface area contributed by atoms with Crippen molar-refractivity contribution in [1.82, 2.24) is 5.32 Å². The van der Waals surface area contributed by atoms with Gasteiger partial charge in [-0.3, -0.25) is 5.32 Å². The van der Waals surface area contributed by atoms with Crippen molar-refractivity contribution in [1.29, 1.82) is 5.26 Å². The van der Waals surface area contributed by atoms with Crippen molar-refractivity contribution in [2.24, 2.45) is 0 Å². The van der Waals surface area contributed by atoms with Crippen LogP contribution in [0, 0.1) is 11.3 Å². The van der Waals surface area contributed by atoms with Gasteiger partial charge in [-0.05, 0) is 24.9 Å². The molecule has 2 unspecified atom stereocenters. The van der Waals surface area contributed by atoms with Crippen LogP contribution in [0.15, 0.2) is 30.3 Å². The minimum atomic E-state index is -0.598. The minimum Gasteiger partial charge on any atom is -0.377 e. The molecule has 0 spiro atoms. The highest BCUT2D eigenvalue weighted by atomic mass is 32.2. The van der Waals surface area contributed by atoms with Gasteiger partial charge in [0.05, 0.1) is 12.2 Å². The Morgan fingerprint density at radius 1 is 1.45 bits per heavy atom. The van der Waals surface area contributed by atoms with Crippen molar-refractivity contribution in [3.8, 4) is 6.07 Å². The molecule has 2 rings (SSSR count). The maximum atomic E-state index is 9.70.